The first-order chi connectivity index (χ1) is 15.0. The first-order valence-corrected chi connectivity index (χ1v) is 12.1. The second-order valence-corrected chi connectivity index (χ2v) is 10.1. The van der Waals surface area contributed by atoms with Crippen LogP contribution in [0, 0.1) is 11.8 Å². The van der Waals surface area contributed by atoms with Gasteiger partial charge in [-0.25, -0.2) is 0 Å². The van der Waals surface area contributed by atoms with Gasteiger partial charge in [0.05, 0.1) is 19.7 Å². The molecule has 2 aromatic rings. The van der Waals surface area contributed by atoms with Crippen LogP contribution in [0.15, 0.2) is 35.7 Å². The summed E-state index contributed by atoms with van der Waals surface area (Å²) in [5.74, 6) is 1.43. The molecule has 0 spiro atoms. The van der Waals surface area contributed by atoms with Gasteiger partial charge in [-0.2, -0.15) is 0 Å². The maximum atomic E-state index is 13.6. The van der Waals surface area contributed by atoms with Crippen molar-refractivity contribution in [1.29, 1.82) is 0 Å². The Morgan fingerprint density at radius 2 is 1.94 bits per heavy atom. The van der Waals surface area contributed by atoms with E-state index < -0.39 is 0 Å². The number of benzene rings is 1. The minimum Gasteiger partial charge on any atom is -0.497 e. The van der Waals surface area contributed by atoms with E-state index in [-0.39, 0.29) is 30.3 Å². The summed E-state index contributed by atoms with van der Waals surface area (Å²) in [5.41, 5.74) is 2.28. The van der Waals surface area contributed by atoms with Gasteiger partial charge in [0.25, 0.3) is 0 Å². The summed E-state index contributed by atoms with van der Waals surface area (Å²) in [6.45, 7) is 5.68. The Labute approximate surface area is 189 Å². The van der Waals surface area contributed by atoms with Crippen molar-refractivity contribution < 1.29 is 14.3 Å². The standard InChI is InChI=1S/C25H32N2O3S/c1-17(2)15-26(25(29)19-5-4-6-19)16-23(28)27-13-11-22-21(12-14-31-22)24(27)18-7-9-20(30-3)10-8-18/h7-10,12,14,17,19,24H,4-6,11,13,15-16H2,1-3H3. The van der Waals surface area contributed by atoms with Gasteiger partial charge in [0.15, 0.2) is 0 Å². The van der Waals surface area contributed by atoms with Crippen LogP contribution in [0.4, 0.5) is 0 Å². The number of nitrogens with zero attached hydrogens (tertiary/aromatic N) is 2. The van der Waals surface area contributed by atoms with Gasteiger partial charge in [0, 0.05) is 23.9 Å². The van der Waals surface area contributed by atoms with Crippen molar-refractivity contribution in [1.82, 2.24) is 9.80 Å². The summed E-state index contributed by atoms with van der Waals surface area (Å²) in [5, 5.41) is 2.11. The molecule has 1 aliphatic heterocycles. The molecule has 2 heterocycles. The van der Waals surface area contributed by atoms with Gasteiger partial charge in [-0.1, -0.05) is 32.4 Å². The molecule has 0 N–H and O–H groups in total. The van der Waals surface area contributed by atoms with Gasteiger partial charge < -0.3 is 14.5 Å². The third-order valence-electron chi connectivity index (χ3n) is 6.40. The van der Waals surface area contributed by atoms with Crippen molar-refractivity contribution in [2.75, 3.05) is 26.7 Å². The monoisotopic (exact) mass is 440 g/mol. The van der Waals surface area contributed by atoms with Crippen molar-refractivity contribution in [3.05, 3.63) is 51.7 Å². The number of thiophene rings is 1. The highest BCUT2D eigenvalue weighted by Crippen LogP contribution is 2.38. The second-order valence-electron chi connectivity index (χ2n) is 9.05. The minimum absolute atomic E-state index is 0.0333. The maximum absolute atomic E-state index is 13.6. The highest BCUT2D eigenvalue weighted by atomic mass is 32.1. The average Bonchev–Trinajstić information content (AvgIpc) is 3.19. The molecule has 1 aromatic heterocycles. The number of rotatable bonds is 7. The summed E-state index contributed by atoms with van der Waals surface area (Å²) >= 11 is 1.76. The van der Waals surface area contributed by atoms with Crippen LogP contribution in [-0.2, 0) is 16.0 Å². The molecule has 1 aliphatic carbocycles. The van der Waals surface area contributed by atoms with Gasteiger partial charge in [0.1, 0.15) is 5.75 Å². The Morgan fingerprint density at radius 1 is 1.19 bits per heavy atom. The lowest BCUT2D eigenvalue weighted by atomic mass is 9.84. The first kappa shape index (κ1) is 21.9. The van der Waals surface area contributed by atoms with Crippen molar-refractivity contribution in [2.24, 2.45) is 11.8 Å². The maximum Gasteiger partial charge on any atom is 0.242 e. The van der Waals surface area contributed by atoms with E-state index in [1.165, 1.54) is 10.4 Å². The van der Waals surface area contributed by atoms with Crippen LogP contribution in [0.25, 0.3) is 0 Å². The Bertz CT molecular complexity index is 917. The summed E-state index contributed by atoms with van der Waals surface area (Å²) < 4.78 is 5.32. The molecule has 2 amide bonds. The van der Waals surface area contributed by atoms with Crippen LogP contribution in [0.1, 0.15) is 55.2 Å². The Kier molecular flexibility index (Phi) is 6.65. The van der Waals surface area contributed by atoms with Gasteiger partial charge in [-0.15, -0.1) is 11.3 Å². The summed E-state index contributed by atoms with van der Waals surface area (Å²) in [7, 11) is 1.66. The topological polar surface area (TPSA) is 49.9 Å². The van der Waals surface area contributed by atoms with Crippen LogP contribution in [0.3, 0.4) is 0 Å². The third-order valence-corrected chi connectivity index (χ3v) is 7.39. The number of carbonyl (C=O) groups is 2. The fraction of sp³-hybridized carbons (Fsp3) is 0.520. The van der Waals surface area contributed by atoms with Crippen molar-refractivity contribution in [3.63, 3.8) is 0 Å². The summed E-state index contributed by atoms with van der Waals surface area (Å²) in [6, 6.07) is 10.0. The first-order valence-electron chi connectivity index (χ1n) is 11.3. The molecule has 0 radical (unpaired) electrons. The summed E-state index contributed by atoms with van der Waals surface area (Å²) in [6.07, 6.45) is 3.90. The molecule has 1 atom stereocenters. The number of methoxy groups -OCH3 is 1. The zero-order valence-corrected chi connectivity index (χ0v) is 19.5. The quantitative estimate of drug-likeness (QED) is 0.636. The molecule has 31 heavy (non-hydrogen) atoms. The van der Waals surface area contributed by atoms with Gasteiger partial charge in [0.2, 0.25) is 11.8 Å². The minimum atomic E-state index is -0.117. The van der Waals surface area contributed by atoms with Gasteiger partial charge in [-0.3, -0.25) is 9.59 Å². The zero-order valence-electron chi connectivity index (χ0n) is 18.7. The lowest BCUT2D eigenvalue weighted by Gasteiger charge is -2.39. The smallest absolute Gasteiger partial charge is 0.242 e. The van der Waals surface area contributed by atoms with Gasteiger partial charge in [-0.05, 0) is 59.9 Å². The molecule has 1 aromatic carbocycles. The van der Waals surface area contributed by atoms with Crippen LogP contribution < -0.4 is 4.74 Å². The van der Waals surface area contributed by atoms with Crippen LogP contribution in [-0.4, -0.2) is 48.4 Å². The molecule has 0 saturated heterocycles. The van der Waals surface area contributed by atoms with E-state index in [0.29, 0.717) is 19.0 Å². The van der Waals surface area contributed by atoms with Gasteiger partial charge >= 0.3 is 0 Å². The highest BCUT2D eigenvalue weighted by molar-refractivity contribution is 7.10. The van der Waals surface area contributed by atoms with Crippen LogP contribution in [0.5, 0.6) is 5.75 Å². The van der Waals surface area contributed by atoms with Crippen molar-refractivity contribution in [2.45, 2.75) is 45.6 Å². The van der Waals surface area contributed by atoms with Crippen LogP contribution >= 0.6 is 11.3 Å². The zero-order chi connectivity index (χ0) is 22.0. The molecular formula is C25H32N2O3S. The number of fused-ring (bicyclic) bond motifs is 1. The SMILES string of the molecule is COc1ccc(C2c3ccsc3CCN2C(=O)CN(CC(C)C)C(=O)C2CCC2)cc1. The molecule has 0 bridgehead atoms. The van der Waals surface area contributed by atoms with E-state index in [1.54, 1.807) is 18.4 Å². The van der Waals surface area contributed by atoms with E-state index in [9.17, 15) is 9.59 Å². The Morgan fingerprint density at radius 3 is 2.55 bits per heavy atom. The highest BCUT2D eigenvalue weighted by Gasteiger charge is 2.36. The number of hydrogen-bond acceptors (Lipinski definition) is 4. The van der Waals surface area contributed by atoms with E-state index in [4.69, 9.17) is 4.74 Å². The van der Waals surface area contributed by atoms with Crippen molar-refractivity contribution in [3.8, 4) is 5.75 Å². The Balaban J connectivity index is 1.59. The largest absolute Gasteiger partial charge is 0.497 e. The van der Waals surface area contributed by atoms with E-state index in [2.05, 4.69) is 25.3 Å². The molecule has 1 unspecified atom stereocenters. The Hall–Kier alpha value is -2.34. The van der Waals surface area contributed by atoms with E-state index in [1.807, 2.05) is 34.1 Å². The van der Waals surface area contributed by atoms with E-state index in [0.717, 1.165) is 37.0 Å². The number of carbonyl (C=O) groups excluding carboxylic acids is 2. The fourth-order valence-electron chi connectivity index (χ4n) is 4.57. The third kappa shape index (κ3) is 4.64. The molecule has 5 nitrogen and oxygen atoms in total. The predicted molar refractivity (Wildman–Crippen MR) is 123 cm³/mol. The second kappa shape index (κ2) is 9.43. The molecular weight excluding hydrogens is 408 g/mol. The molecule has 1 fully saturated rings. The molecule has 166 valence electrons. The number of ether oxygens (including phenoxy) is 1. The fourth-order valence-corrected chi connectivity index (χ4v) is 5.48. The van der Waals surface area contributed by atoms with Crippen molar-refractivity contribution >= 4 is 23.2 Å². The summed E-state index contributed by atoms with van der Waals surface area (Å²) in [4.78, 5) is 31.7. The molecule has 2 aliphatic rings. The van der Waals surface area contributed by atoms with Crippen LogP contribution in [0.2, 0.25) is 0 Å². The lowest BCUT2D eigenvalue weighted by Crippen LogP contribution is -2.49. The number of amides is 2. The van der Waals surface area contributed by atoms with E-state index >= 15 is 0 Å². The molecule has 4 rings (SSSR count). The normalized spacial score (nSPS) is 18.5. The lowest BCUT2D eigenvalue weighted by molar-refractivity contribution is -0.146. The number of hydrogen-bond donors (Lipinski definition) is 0. The molecule has 1 saturated carbocycles. The molecule has 6 heteroatoms. The average molecular weight is 441 g/mol. The predicted octanol–water partition coefficient (Wildman–Crippen LogP) is 4.52.